The second-order valence-corrected chi connectivity index (χ2v) is 3.98. The Labute approximate surface area is 116 Å². The number of alkyl halides is 4. The molecule has 2 N–H and O–H groups in total. The average Bonchev–Trinajstić information content (AvgIpc) is 2.34. The van der Waals surface area contributed by atoms with E-state index in [0.717, 1.165) is 12.1 Å². The van der Waals surface area contributed by atoms with Crippen molar-refractivity contribution in [3.8, 4) is 5.75 Å². The van der Waals surface area contributed by atoms with E-state index in [-0.39, 0.29) is 18.1 Å². The first-order valence-corrected chi connectivity index (χ1v) is 5.78. The lowest BCUT2D eigenvalue weighted by atomic mass is 10.2. The highest BCUT2D eigenvalue weighted by Gasteiger charge is 2.32. The molecule has 0 fully saturated rings. The molecule has 10 heteroatoms. The number of nitrogens with zero attached hydrogens (tertiary/aromatic N) is 1. The third-order valence-electron chi connectivity index (χ3n) is 2.11. The topological polar surface area (TPSA) is 84.6 Å². The van der Waals surface area contributed by atoms with Gasteiger partial charge in [-0.15, -0.1) is 24.8 Å². The zero-order valence-electron chi connectivity index (χ0n) is 9.85. The van der Waals surface area contributed by atoms with Crippen molar-refractivity contribution in [2.45, 2.75) is 12.5 Å². The molecule has 0 aliphatic carbocycles. The molecule has 1 atom stereocenters. The number of nitrogens with one attached hydrogen (secondary N) is 1. The summed E-state index contributed by atoms with van der Waals surface area (Å²) < 4.78 is 39.6. The Morgan fingerprint density at radius 2 is 2.15 bits per heavy atom. The van der Waals surface area contributed by atoms with Crippen LogP contribution in [0, 0.1) is 10.1 Å². The molecule has 1 unspecified atom stereocenters. The van der Waals surface area contributed by atoms with Gasteiger partial charge >= 0.3 is 6.36 Å². The Balaban J connectivity index is 2.93. The monoisotopic (exact) mass is 314 g/mol. The summed E-state index contributed by atoms with van der Waals surface area (Å²) in [4.78, 5) is 9.93. The number of hydrogen-bond donors (Lipinski definition) is 2. The lowest BCUT2D eigenvalue weighted by Gasteiger charge is -2.12. The number of aliphatic hydroxyl groups is 1. The van der Waals surface area contributed by atoms with Gasteiger partial charge in [-0.25, -0.2) is 0 Å². The van der Waals surface area contributed by atoms with E-state index in [4.69, 9.17) is 11.6 Å². The minimum absolute atomic E-state index is 0.0475. The van der Waals surface area contributed by atoms with Crippen LogP contribution in [0.4, 0.5) is 24.5 Å². The molecule has 6 nitrogen and oxygen atoms in total. The van der Waals surface area contributed by atoms with Gasteiger partial charge in [0.15, 0.2) is 0 Å². The van der Waals surface area contributed by atoms with Gasteiger partial charge < -0.3 is 15.2 Å². The van der Waals surface area contributed by atoms with Gasteiger partial charge in [-0.2, -0.15) is 0 Å². The third-order valence-corrected chi connectivity index (χ3v) is 2.46. The minimum atomic E-state index is -4.93. The third kappa shape index (κ3) is 5.10. The summed E-state index contributed by atoms with van der Waals surface area (Å²) in [6, 6.07) is 2.62. The SMILES string of the molecule is O=[N+]([O-])c1cc(OC(F)(F)F)ccc1NCC(O)CCl. The van der Waals surface area contributed by atoms with Crippen LogP contribution in [0.25, 0.3) is 0 Å². The standard InChI is InChI=1S/C10H10ClF3N2O4/c11-4-6(17)5-15-8-2-1-7(20-10(12,13)14)3-9(8)16(18)19/h1-3,6,15,17H,4-5H2. The number of anilines is 1. The molecule has 0 saturated carbocycles. The van der Waals surface area contributed by atoms with Gasteiger partial charge in [-0.1, -0.05) is 0 Å². The van der Waals surface area contributed by atoms with Crippen LogP contribution in [0.3, 0.4) is 0 Å². The predicted molar refractivity (Wildman–Crippen MR) is 65.0 cm³/mol. The first-order valence-electron chi connectivity index (χ1n) is 5.25. The molecule has 0 radical (unpaired) electrons. The summed E-state index contributed by atoms with van der Waals surface area (Å²) in [6.45, 7) is -0.0795. The normalized spacial score (nSPS) is 12.8. The first kappa shape index (κ1) is 16.3. The Morgan fingerprint density at radius 1 is 1.50 bits per heavy atom. The van der Waals surface area contributed by atoms with Crippen molar-refractivity contribution in [3.63, 3.8) is 0 Å². The quantitative estimate of drug-likeness (QED) is 0.479. The van der Waals surface area contributed by atoms with Crippen molar-refractivity contribution in [1.82, 2.24) is 0 Å². The molecule has 1 aromatic rings. The van der Waals surface area contributed by atoms with Crippen molar-refractivity contribution in [3.05, 3.63) is 28.3 Å². The van der Waals surface area contributed by atoms with Crippen LogP contribution in [0.15, 0.2) is 18.2 Å². The van der Waals surface area contributed by atoms with E-state index in [1.165, 1.54) is 0 Å². The highest BCUT2D eigenvalue weighted by Crippen LogP contribution is 2.31. The Hall–Kier alpha value is -1.74. The van der Waals surface area contributed by atoms with Crippen LogP contribution in [-0.4, -0.2) is 34.9 Å². The first-order chi connectivity index (χ1) is 9.23. The summed E-state index contributed by atoms with van der Waals surface area (Å²) in [5.74, 6) is -0.788. The van der Waals surface area contributed by atoms with Crippen LogP contribution in [0.1, 0.15) is 0 Å². The smallest absolute Gasteiger partial charge is 0.406 e. The molecule has 1 rings (SSSR count). The van der Waals surface area contributed by atoms with Gasteiger partial charge in [0.05, 0.1) is 23.0 Å². The average molecular weight is 315 g/mol. The molecule has 0 bridgehead atoms. The van der Waals surface area contributed by atoms with Gasteiger partial charge in [0.25, 0.3) is 5.69 Å². The van der Waals surface area contributed by atoms with Gasteiger partial charge in [-0.3, -0.25) is 10.1 Å². The van der Waals surface area contributed by atoms with Gasteiger partial charge in [0.1, 0.15) is 11.4 Å². The van der Waals surface area contributed by atoms with Gasteiger partial charge in [0, 0.05) is 6.54 Å². The summed E-state index contributed by atoms with van der Waals surface area (Å²) in [6.07, 6.45) is -5.88. The van der Waals surface area contributed by atoms with E-state index in [1.54, 1.807) is 0 Å². The number of halogens is 4. The van der Waals surface area contributed by atoms with Gasteiger partial charge in [0.2, 0.25) is 0 Å². The van der Waals surface area contributed by atoms with Gasteiger partial charge in [-0.05, 0) is 12.1 Å². The van der Waals surface area contributed by atoms with Crippen molar-refractivity contribution < 1.29 is 27.9 Å². The predicted octanol–water partition coefficient (Wildman–Crippen LogP) is 2.50. The van der Waals surface area contributed by atoms with Crippen LogP contribution < -0.4 is 10.1 Å². The summed E-state index contributed by atoms with van der Waals surface area (Å²) >= 11 is 5.35. The molecule has 0 aromatic heterocycles. The molecule has 0 aliphatic rings. The molecule has 20 heavy (non-hydrogen) atoms. The van der Waals surface area contributed by atoms with E-state index in [9.17, 15) is 28.4 Å². The molecular weight excluding hydrogens is 305 g/mol. The maximum Gasteiger partial charge on any atom is 0.573 e. The van der Waals surface area contributed by atoms with Crippen LogP contribution in [-0.2, 0) is 0 Å². The second-order valence-electron chi connectivity index (χ2n) is 3.67. The van der Waals surface area contributed by atoms with E-state index in [0.29, 0.717) is 6.07 Å². The van der Waals surface area contributed by atoms with E-state index < -0.39 is 28.8 Å². The van der Waals surface area contributed by atoms with E-state index >= 15 is 0 Å². The highest BCUT2D eigenvalue weighted by atomic mass is 35.5. The lowest BCUT2D eigenvalue weighted by molar-refractivity contribution is -0.384. The number of nitro groups is 1. The number of hydrogen-bond acceptors (Lipinski definition) is 5. The highest BCUT2D eigenvalue weighted by molar-refractivity contribution is 6.18. The summed E-state index contributed by atoms with van der Waals surface area (Å²) in [5, 5.41) is 22.5. The van der Waals surface area contributed by atoms with Crippen molar-refractivity contribution >= 4 is 23.0 Å². The zero-order valence-corrected chi connectivity index (χ0v) is 10.6. The summed E-state index contributed by atoms with van der Waals surface area (Å²) in [5.41, 5.74) is -0.651. The molecule has 0 amide bonds. The fourth-order valence-electron chi connectivity index (χ4n) is 1.29. The largest absolute Gasteiger partial charge is 0.573 e. The molecule has 0 aliphatic heterocycles. The zero-order chi connectivity index (χ0) is 15.3. The molecule has 0 saturated heterocycles. The Kier molecular flexibility index (Phi) is 5.40. The van der Waals surface area contributed by atoms with Crippen molar-refractivity contribution in [1.29, 1.82) is 0 Å². The van der Waals surface area contributed by atoms with Crippen LogP contribution in [0.5, 0.6) is 5.75 Å². The Bertz CT molecular complexity index is 484. The fraction of sp³-hybridized carbons (Fsp3) is 0.400. The number of aliphatic hydroxyl groups excluding tert-OH is 1. The molecule has 0 heterocycles. The number of benzene rings is 1. The van der Waals surface area contributed by atoms with E-state index in [2.05, 4.69) is 10.1 Å². The molecule has 1 aromatic carbocycles. The minimum Gasteiger partial charge on any atom is -0.406 e. The maximum atomic E-state index is 12.0. The van der Waals surface area contributed by atoms with Crippen molar-refractivity contribution in [2.75, 3.05) is 17.7 Å². The molecular formula is C10H10ClF3N2O4. The summed E-state index contributed by atoms with van der Waals surface area (Å²) in [7, 11) is 0. The van der Waals surface area contributed by atoms with Crippen LogP contribution in [0.2, 0.25) is 0 Å². The van der Waals surface area contributed by atoms with Crippen molar-refractivity contribution in [2.24, 2.45) is 0 Å². The van der Waals surface area contributed by atoms with Crippen LogP contribution >= 0.6 is 11.6 Å². The second kappa shape index (κ2) is 6.62. The fourth-order valence-corrected chi connectivity index (χ4v) is 1.40. The number of ether oxygens (including phenoxy) is 1. The number of rotatable bonds is 6. The molecule has 112 valence electrons. The van der Waals surface area contributed by atoms with E-state index in [1.807, 2.05) is 0 Å². The number of nitro benzene ring substituents is 1. The maximum absolute atomic E-state index is 12.0. The Morgan fingerprint density at radius 3 is 2.65 bits per heavy atom. The molecule has 0 spiro atoms. The lowest BCUT2D eigenvalue weighted by Crippen LogP contribution is -2.21.